The van der Waals surface area contributed by atoms with Crippen LogP contribution in [-0.4, -0.2) is 35.3 Å². The number of carbonyl (C=O) groups is 1. The first-order valence-corrected chi connectivity index (χ1v) is 9.87. The van der Waals surface area contributed by atoms with Gasteiger partial charge in [0.2, 0.25) is 0 Å². The molecule has 158 valence electrons. The summed E-state index contributed by atoms with van der Waals surface area (Å²) < 4.78 is 38.8. The number of rotatable bonds is 2. The number of anilines is 1. The second-order valence-corrected chi connectivity index (χ2v) is 7.87. The lowest BCUT2D eigenvalue weighted by atomic mass is 9.85. The summed E-state index contributed by atoms with van der Waals surface area (Å²) in [6.07, 6.45) is -2.70. The summed E-state index contributed by atoms with van der Waals surface area (Å²) in [5, 5.41) is 6.78. The van der Waals surface area contributed by atoms with Crippen molar-refractivity contribution in [2.45, 2.75) is 31.0 Å². The molecule has 2 aliphatic rings. The molecule has 0 atom stereocenters. The second-order valence-electron chi connectivity index (χ2n) is 7.46. The summed E-state index contributed by atoms with van der Waals surface area (Å²) in [4.78, 5) is 19.9. The first-order chi connectivity index (χ1) is 14.3. The number of nitrogens with one attached hydrogen (secondary N) is 1. The molecule has 0 aromatic heterocycles. The van der Waals surface area contributed by atoms with Gasteiger partial charge in [-0.3, -0.25) is 0 Å². The van der Waals surface area contributed by atoms with Crippen LogP contribution in [0.15, 0.2) is 53.7 Å². The highest BCUT2D eigenvalue weighted by Gasteiger charge is 2.43. The van der Waals surface area contributed by atoms with Gasteiger partial charge >= 0.3 is 12.2 Å². The average molecular weight is 438 g/mol. The lowest BCUT2D eigenvalue weighted by molar-refractivity contribution is -0.137. The van der Waals surface area contributed by atoms with Gasteiger partial charge in [-0.2, -0.15) is 13.2 Å². The Morgan fingerprint density at radius 1 is 1.13 bits per heavy atom. The monoisotopic (exact) mass is 437 g/mol. The molecule has 1 fully saturated rings. The van der Waals surface area contributed by atoms with Crippen molar-refractivity contribution < 1.29 is 22.8 Å². The largest absolute Gasteiger partial charge is 0.416 e. The maximum absolute atomic E-state index is 12.9. The van der Waals surface area contributed by atoms with Crippen molar-refractivity contribution in [3.8, 4) is 0 Å². The van der Waals surface area contributed by atoms with Crippen LogP contribution in [0.2, 0.25) is 5.02 Å². The van der Waals surface area contributed by atoms with Gasteiger partial charge < -0.3 is 15.1 Å². The molecule has 30 heavy (non-hydrogen) atoms. The number of hydrogen-bond donors (Lipinski definition) is 1. The molecule has 4 rings (SSSR count). The molecule has 2 amide bonds. The van der Waals surface area contributed by atoms with Crippen molar-refractivity contribution in [2.75, 3.05) is 18.4 Å². The minimum atomic E-state index is -4.52. The van der Waals surface area contributed by atoms with E-state index >= 15 is 0 Å². The summed E-state index contributed by atoms with van der Waals surface area (Å²) in [5.74, 6) is 0. The Balaban J connectivity index is 1.37. The SMILES string of the molecule is O=C(Nc1cc(C(F)(F)F)ccc1Cl)N1CCC2(CC1)CC(c1ccccc1)=NO2. The van der Waals surface area contributed by atoms with Crippen molar-refractivity contribution in [2.24, 2.45) is 5.16 Å². The van der Waals surface area contributed by atoms with E-state index in [1.807, 2.05) is 30.3 Å². The smallest absolute Gasteiger partial charge is 0.388 e. The van der Waals surface area contributed by atoms with E-state index in [4.69, 9.17) is 16.4 Å². The molecule has 0 saturated carbocycles. The minimum Gasteiger partial charge on any atom is -0.388 e. The molecule has 0 aliphatic carbocycles. The molecular formula is C21H19ClF3N3O2. The van der Waals surface area contributed by atoms with Gasteiger partial charge in [-0.1, -0.05) is 47.1 Å². The zero-order valence-electron chi connectivity index (χ0n) is 15.9. The van der Waals surface area contributed by atoms with E-state index in [2.05, 4.69) is 10.5 Å². The van der Waals surface area contributed by atoms with Crippen molar-refractivity contribution >= 4 is 29.0 Å². The molecule has 2 aromatic rings. The number of amides is 2. The number of alkyl halides is 3. The third kappa shape index (κ3) is 4.23. The van der Waals surface area contributed by atoms with E-state index in [0.29, 0.717) is 32.4 Å². The van der Waals surface area contributed by atoms with Crippen LogP contribution < -0.4 is 5.32 Å². The van der Waals surface area contributed by atoms with Gasteiger partial charge in [0.1, 0.15) is 5.60 Å². The molecule has 2 aliphatic heterocycles. The van der Waals surface area contributed by atoms with Crippen LogP contribution in [0.4, 0.5) is 23.7 Å². The predicted molar refractivity (Wildman–Crippen MR) is 108 cm³/mol. The average Bonchev–Trinajstić information content (AvgIpc) is 3.13. The lowest BCUT2D eigenvalue weighted by Crippen LogP contribution is -2.48. The summed E-state index contributed by atoms with van der Waals surface area (Å²) >= 11 is 5.97. The number of piperidine rings is 1. The molecular weight excluding hydrogens is 419 g/mol. The van der Waals surface area contributed by atoms with E-state index in [-0.39, 0.29) is 10.7 Å². The predicted octanol–water partition coefficient (Wildman–Crippen LogP) is 5.55. The molecule has 1 saturated heterocycles. The summed E-state index contributed by atoms with van der Waals surface area (Å²) in [6.45, 7) is 0.806. The number of oxime groups is 1. The Bertz CT molecular complexity index is 971. The molecule has 0 radical (unpaired) electrons. The standard InChI is InChI=1S/C21H19ClF3N3O2/c22-16-7-6-15(21(23,24)25)12-17(16)26-19(29)28-10-8-20(9-11-28)13-18(27-30-20)14-4-2-1-3-5-14/h1-7,12H,8-11,13H2,(H,26,29). The third-order valence-corrected chi connectivity index (χ3v) is 5.77. The summed E-state index contributed by atoms with van der Waals surface area (Å²) in [6, 6.07) is 12.1. The zero-order valence-corrected chi connectivity index (χ0v) is 16.6. The van der Waals surface area contributed by atoms with E-state index in [0.717, 1.165) is 29.5 Å². The molecule has 0 bridgehead atoms. The first kappa shape index (κ1) is 20.5. The fraction of sp³-hybridized carbons (Fsp3) is 0.333. The van der Waals surface area contributed by atoms with Gasteiger partial charge in [0, 0.05) is 32.4 Å². The molecule has 2 heterocycles. The van der Waals surface area contributed by atoms with Crippen LogP contribution >= 0.6 is 11.6 Å². The number of hydrogen-bond acceptors (Lipinski definition) is 3. The number of halogens is 4. The highest BCUT2D eigenvalue weighted by Crippen LogP contribution is 2.37. The molecule has 0 unspecified atom stereocenters. The highest BCUT2D eigenvalue weighted by atomic mass is 35.5. The minimum absolute atomic E-state index is 0.0462. The van der Waals surface area contributed by atoms with Crippen molar-refractivity contribution in [3.05, 3.63) is 64.7 Å². The van der Waals surface area contributed by atoms with Gasteiger partial charge in [0.15, 0.2) is 0 Å². The zero-order chi connectivity index (χ0) is 21.4. The number of carbonyl (C=O) groups excluding carboxylic acids is 1. The fourth-order valence-corrected chi connectivity index (χ4v) is 3.85. The van der Waals surface area contributed by atoms with Crippen LogP contribution in [0.1, 0.15) is 30.4 Å². The van der Waals surface area contributed by atoms with Crippen molar-refractivity contribution in [3.63, 3.8) is 0 Å². The maximum atomic E-state index is 12.9. The van der Waals surface area contributed by atoms with E-state index in [9.17, 15) is 18.0 Å². The second kappa shape index (κ2) is 7.83. The molecule has 2 aromatic carbocycles. The van der Waals surface area contributed by atoms with Gasteiger partial charge in [-0.05, 0) is 23.8 Å². The van der Waals surface area contributed by atoms with Gasteiger partial charge in [0.25, 0.3) is 0 Å². The highest BCUT2D eigenvalue weighted by molar-refractivity contribution is 6.33. The molecule has 1 spiro atoms. The Hall–Kier alpha value is -2.74. The van der Waals surface area contributed by atoms with Gasteiger partial charge in [-0.15, -0.1) is 0 Å². The fourth-order valence-electron chi connectivity index (χ4n) is 3.68. The van der Waals surface area contributed by atoms with Crippen LogP contribution in [-0.2, 0) is 11.0 Å². The van der Waals surface area contributed by atoms with E-state index < -0.39 is 23.4 Å². The third-order valence-electron chi connectivity index (χ3n) is 5.44. The molecule has 1 N–H and O–H groups in total. The van der Waals surface area contributed by atoms with Crippen molar-refractivity contribution in [1.82, 2.24) is 4.90 Å². The Kier molecular flexibility index (Phi) is 5.36. The molecule has 5 nitrogen and oxygen atoms in total. The van der Waals surface area contributed by atoms with Crippen LogP contribution in [0.3, 0.4) is 0 Å². The summed E-state index contributed by atoms with van der Waals surface area (Å²) in [5.41, 5.74) is 0.502. The van der Waals surface area contributed by atoms with Crippen molar-refractivity contribution in [1.29, 1.82) is 0 Å². The normalized spacial score (nSPS) is 18.1. The Labute approximate surface area is 176 Å². The van der Waals surface area contributed by atoms with Crippen LogP contribution in [0, 0.1) is 0 Å². The van der Waals surface area contributed by atoms with E-state index in [1.165, 1.54) is 0 Å². The summed E-state index contributed by atoms with van der Waals surface area (Å²) in [7, 11) is 0. The number of benzene rings is 2. The quantitative estimate of drug-likeness (QED) is 0.669. The Morgan fingerprint density at radius 3 is 2.50 bits per heavy atom. The number of nitrogens with zero attached hydrogens (tertiary/aromatic N) is 2. The molecule has 9 heteroatoms. The first-order valence-electron chi connectivity index (χ1n) is 9.49. The van der Waals surface area contributed by atoms with E-state index in [1.54, 1.807) is 4.90 Å². The maximum Gasteiger partial charge on any atom is 0.416 e. The van der Waals surface area contributed by atoms with Crippen LogP contribution in [0.25, 0.3) is 0 Å². The van der Waals surface area contributed by atoms with Crippen LogP contribution in [0.5, 0.6) is 0 Å². The topological polar surface area (TPSA) is 53.9 Å². The number of urea groups is 1. The van der Waals surface area contributed by atoms with Gasteiger partial charge in [0.05, 0.1) is 22.0 Å². The van der Waals surface area contributed by atoms with Gasteiger partial charge in [-0.25, -0.2) is 4.79 Å². The number of likely N-dealkylation sites (tertiary alicyclic amines) is 1. The lowest BCUT2D eigenvalue weighted by Gasteiger charge is -2.37. The Morgan fingerprint density at radius 2 is 1.83 bits per heavy atom.